The molecule has 94 valence electrons. The van der Waals surface area contributed by atoms with Crippen LogP contribution in [0, 0.1) is 6.92 Å². The van der Waals surface area contributed by atoms with Crippen molar-refractivity contribution >= 4 is 21.7 Å². The van der Waals surface area contributed by atoms with Gasteiger partial charge >= 0.3 is 0 Å². The molecule has 0 aliphatic carbocycles. The van der Waals surface area contributed by atoms with Crippen LogP contribution < -0.4 is 0 Å². The number of rotatable bonds is 3. The van der Waals surface area contributed by atoms with Crippen molar-refractivity contribution in [2.24, 2.45) is 0 Å². The number of carbonyl (C=O) groups excluding carboxylic acids is 1. The first-order valence-electron chi connectivity index (χ1n) is 5.85. The summed E-state index contributed by atoms with van der Waals surface area (Å²) in [7, 11) is 0. The summed E-state index contributed by atoms with van der Waals surface area (Å²) in [5.41, 5.74) is 2.43. The Morgan fingerprint density at radius 2 is 1.89 bits per heavy atom. The van der Waals surface area contributed by atoms with E-state index in [4.69, 9.17) is 0 Å². The van der Waals surface area contributed by atoms with Crippen LogP contribution in [0.3, 0.4) is 0 Å². The second-order valence-electron chi connectivity index (χ2n) is 4.57. The van der Waals surface area contributed by atoms with Gasteiger partial charge in [0.2, 0.25) is 5.78 Å². The van der Waals surface area contributed by atoms with Crippen LogP contribution in [0.25, 0.3) is 0 Å². The van der Waals surface area contributed by atoms with E-state index < -0.39 is 0 Å². The van der Waals surface area contributed by atoms with Crippen LogP contribution in [0.1, 0.15) is 41.5 Å². The minimum Gasteiger partial charge on any atom is -0.287 e. The first kappa shape index (κ1) is 13.0. The Morgan fingerprint density at radius 3 is 2.44 bits per heavy atom. The molecule has 0 saturated carbocycles. The number of aromatic nitrogens is 2. The van der Waals surface area contributed by atoms with E-state index in [0.717, 1.165) is 10.0 Å². The predicted octanol–water partition coefficient (Wildman–Crippen LogP) is 3.77. The molecule has 0 atom stereocenters. The Morgan fingerprint density at radius 1 is 1.28 bits per heavy atom. The van der Waals surface area contributed by atoms with Crippen LogP contribution >= 0.6 is 15.9 Å². The molecule has 0 bridgehead atoms. The number of ketones is 1. The molecule has 0 aliphatic rings. The normalized spacial score (nSPS) is 10.9. The zero-order valence-electron chi connectivity index (χ0n) is 10.6. The smallest absolute Gasteiger partial charge is 0.212 e. The maximum absolute atomic E-state index is 12.5. The molecule has 0 radical (unpaired) electrons. The lowest BCUT2D eigenvalue weighted by molar-refractivity contribution is 0.102. The van der Waals surface area contributed by atoms with Crippen molar-refractivity contribution in [3.63, 3.8) is 0 Å². The van der Waals surface area contributed by atoms with Gasteiger partial charge in [0.05, 0.1) is 10.7 Å². The number of aryl methyl sites for hydroxylation is 1. The Kier molecular flexibility index (Phi) is 3.66. The zero-order valence-corrected chi connectivity index (χ0v) is 12.2. The molecule has 0 fully saturated rings. The standard InChI is InChI=1S/C14H15BrN2O/c1-9(2)17-13(12(15)8-16-17)14(18)11-6-4-10(3)5-7-11/h4-9H,1-3H3. The topological polar surface area (TPSA) is 34.9 Å². The molecule has 18 heavy (non-hydrogen) atoms. The van der Waals surface area contributed by atoms with Gasteiger partial charge in [0.25, 0.3) is 0 Å². The van der Waals surface area contributed by atoms with Gasteiger partial charge in [-0.25, -0.2) is 0 Å². The summed E-state index contributed by atoms with van der Waals surface area (Å²) in [4.78, 5) is 12.5. The van der Waals surface area contributed by atoms with Gasteiger partial charge in [-0.3, -0.25) is 9.48 Å². The van der Waals surface area contributed by atoms with Crippen LogP contribution in [0.2, 0.25) is 0 Å². The van der Waals surface area contributed by atoms with Crippen molar-refractivity contribution in [1.82, 2.24) is 9.78 Å². The highest BCUT2D eigenvalue weighted by molar-refractivity contribution is 9.10. The molecular formula is C14H15BrN2O. The Hall–Kier alpha value is -1.42. The van der Waals surface area contributed by atoms with Gasteiger partial charge in [0, 0.05) is 11.6 Å². The lowest BCUT2D eigenvalue weighted by atomic mass is 10.1. The number of hydrogen-bond donors (Lipinski definition) is 0. The fraction of sp³-hybridized carbons (Fsp3) is 0.286. The fourth-order valence-corrected chi connectivity index (χ4v) is 2.24. The van der Waals surface area contributed by atoms with E-state index in [0.29, 0.717) is 11.3 Å². The summed E-state index contributed by atoms with van der Waals surface area (Å²) in [5.74, 6) is -0.00641. The summed E-state index contributed by atoms with van der Waals surface area (Å²) >= 11 is 3.39. The highest BCUT2D eigenvalue weighted by Gasteiger charge is 2.20. The van der Waals surface area contributed by atoms with E-state index >= 15 is 0 Å². The molecule has 1 aromatic heterocycles. The molecule has 1 heterocycles. The molecule has 3 nitrogen and oxygen atoms in total. The van der Waals surface area contributed by atoms with Gasteiger partial charge in [0.15, 0.2) is 0 Å². The number of carbonyl (C=O) groups is 1. The van der Waals surface area contributed by atoms with Crippen LogP contribution in [-0.2, 0) is 0 Å². The van der Waals surface area contributed by atoms with E-state index in [1.165, 1.54) is 0 Å². The lowest BCUT2D eigenvalue weighted by Gasteiger charge is -2.10. The third-order valence-corrected chi connectivity index (χ3v) is 3.35. The van der Waals surface area contributed by atoms with Gasteiger partial charge < -0.3 is 0 Å². The van der Waals surface area contributed by atoms with Crippen molar-refractivity contribution in [2.45, 2.75) is 26.8 Å². The molecule has 4 heteroatoms. The van der Waals surface area contributed by atoms with Crippen molar-refractivity contribution in [3.05, 3.63) is 51.8 Å². The quantitative estimate of drug-likeness (QED) is 0.809. The van der Waals surface area contributed by atoms with Crippen LogP contribution in [0.15, 0.2) is 34.9 Å². The first-order valence-corrected chi connectivity index (χ1v) is 6.64. The highest BCUT2D eigenvalue weighted by atomic mass is 79.9. The van der Waals surface area contributed by atoms with Gasteiger partial charge in [-0.2, -0.15) is 5.10 Å². The predicted molar refractivity (Wildman–Crippen MR) is 74.9 cm³/mol. The minimum absolute atomic E-state index is 0.00641. The lowest BCUT2D eigenvalue weighted by Crippen LogP contribution is -2.13. The Balaban J connectivity index is 2.45. The number of hydrogen-bond acceptors (Lipinski definition) is 2. The molecule has 0 spiro atoms. The summed E-state index contributed by atoms with van der Waals surface area (Å²) in [5, 5.41) is 4.23. The van der Waals surface area contributed by atoms with Gasteiger partial charge in [0.1, 0.15) is 5.69 Å². The molecule has 0 N–H and O–H groups in total. The molecule has 0 saturated heterocycles. The van der Waals surface area contributed by atoms with E-state index in [9.17, 15) is 4.79 Å². The third kappa shape index (κ3) is 2.38. The summed E-state index contributed by atoms with van der Waals surface area (Å²) in [6, 6.07) is 7.73. The molecule has 0 amide bonds. The van der Waals surface area contributed by atoms with E-state index in [2.05, 4.69) is 21.0 Å². The van der Waals surface area contributed by atoms with E-state index in [1.807, 2.05) is 45.0 Å². The second kappa shape index (κ2) is 5.06. The number of nitrogens with zero attached hydrogens (tertiary/aromatic N) is 2. The molecule has 1 aromatic carbocycles. The van der Waals surface area contributed by atoms with E-state index in [-0.39, 0.29) is 11.8 Å². The molecule has 2 aromatic rings. The van der Waals surface area contributed by atoms with Crippen LogP contribution in [-0.4, -0.2) is 15.6 Å². The largest absolute Gasteiger partial charge is 0.287 e. The van der Waals surface area contributed by atoms with Crippen molar-refractivity contribution in [3.8, 4) is 0 Å². The van der Waals surface area contributed by atoms with Crippen molar-refractivity contribution in [2.75, 3.05) is 0 Å². The summed E-state index contributed by atoms with van der Waals surface area (Å²) in [6.07, 6.45) is 1.67. The average Bonchev–Trinajstić information content (AvgIpc) is 2.71. The van der Waals surface area contributed by atoms with Gasteiger partial charge in [-0.15, -0.1) is 0 Å². The van der Waals surface area contributed by atoms with Crippen LogP contribution in [0.5, 0.6) is 0 Å². The first-order chi connectivity index (χ1) is 8.50. The Labute approximate surface area is 115 Å². The molecule has 2 rings (SSSR count). The van der Waals surface area contributed by atoms with Gasteiger partial charge in [-0.05, 0) is 36.7 Å². The molecular weight excluding hydrogens is 292 g/mol. The number of benzene rings is 1. The maximum atomic E-state index is 12.5. The summed E-state index contributed by atoms with van der Waals surface area (Å²) < 4.78 is 2.48. The highest BCUT2D eigenvalue weighted by Crippen LogP contribution is 2.22. The summed E-state index contributed by atoms with van der Waals surface area (Å²) in [6.45, 7) is 6.01. The third-order valence-electron chi connectivity index (χ3n) is 2.77. The maximum Gasteiger partial charge on any atom is 0.212 e. The second-order valence-corrected chi connectivity index (χ2v) is 5.43. The minimum atomic E-state index is -0.00641. The number of halogens is 1. The van der Waals surface area contributed by atoms with E-state index in [1.54, 1.807) is 10.9 Å². The molecule has 0 unspecified atom stereocenters. The van der Waals surface area contributed by atoms with Crippen molar-refractivity contribution in [1.29, 1.82) is 0 Å². The fourth-order valence-electron chi connectivity index (χ4n) is 1.79. The zero-order chi connectivity index (χ0) is 13.3. The van der Waals surface area contributed by atoms with Gasteiger partial charge in [-0.1, -0.05) is 29.8 Å². The average molecular weight is 307 g/mol. The van der Waals surface area contributed by atoms with Crippen LogP contribution in [0.4, 0.5) is 0 Å². The monoisotopic (exact) mass is 306 g/mol. The van der Waals surface area contributed by atoms with Crippen molar-refractivity contribution < 1.29 is 4.79 Å². The molecule has 0 aliphatic heterocycles. The Bertz CT molecular complexity index is 570. The SMILES string of the molecule is Cc1ccc(C(=O)c2c(Br)cnn2C(C)C)cc1.